The first-order chi connectivity index (χ1) is 2.91. The Morgan fingerprint density at radius 1 is 2.00 bits per heavy atom. The zero-order valence-corrected chi connectivity index (χ0v) is 4.56. The van der Waals surface area contributed by atoms with Gasteiger partial charge >= 0.3 is 0 Å². The van der Waals surface area contributed by atoms with Crippen LogP contribution in [0.15, 0.2) is 0 Å². The molecule has 0 aromatic heterocycles. The average molecular weight is 109 g/mol. The Bertz CT molecular complexity index is 23.5. The van der Waals surface area contributed by atoms with Gasteiger partial charge in [0.25, 0.3) is 0 Å². The lowest BCUT2D eigenvalue weighted by Gasteiger charge is -1.92. The summed E-state index contributed by atoms with van der Waals surface area (Å²) in [6.45, 7) is 0.426. The first-order valence-electron chi connectivity index (χ1n) is 1.57. The van der Waals surface area contributed by atoms with Crippen molar-refractivity contribution in [3.8, 4) is 0 Å². The van der Waals surface area contributed by atoms with Gasteiger partial charge in [0.15, 0.2) is 9.03 Å². The van der Waals surface area contributed by atoms with E-state index in [4.69, 9.17) is 4.89 Å². The van der Waals surface area contributed by atoms with Crippen molar-refractivity contribution in [2.24, 2.45) is 0 Å². The Balaban J connectivity index is 2.34. The van der Waals surface area contributed by atoms with E-state index in [2.05, 4.69) is 9.84 Å². The molecule has 0 aliphatic rings. The van der Waals surface area contributed by atoms with Gasteiger partial charge in [-0.05, 0) is 7.05 Å². The van der Waals surface area contributed by atoms with Crippen LogP contribution < -0.4 is 5.32 Å². The fraction of sp³-hybridized carbons (Fsp3) is 1.00. The number of rotatable bonds is 3. The first kappa shape index (κ1) is 6.31. The SMILES string of the molecule is CNCOPO. The zero-order valence-electron chi connectivity index (χ0n) is 3.56. The molecule has 0 radical (unpaired) electrons. The molecule has 4 heteroatoms. The molecule has 6 heavy (non-hydrogen) atoms. The summed E-state index contributed by atoms with van der Waals surface area (Å²) in [6.07, 6.45) is 0. The molecule has 3 nitrogen and oxygen atoms in total. The highest BCUT2D eigenvalue weighted by Crippen LogP contribution is 1.98. The van der Waals surface area contributed by atoms with Crippen LogP contribution >= 0.6 is 9.03 Å². The smallest absolute Gasteiger partial charge is 0.153 e. The van der Waals surface area contributed by atoms with Crippen molar-refractivity contribution in [2.45, 2.75) is 0 Å². The standard InChI is InChI=1S/C2H8NO2P/c1-3-2-5-6-4/h3-4,6H,2H2,1H3. The van der Waals surface area contributed by atoms with E-state index in [0.29, 0.717) is 6.73 Å². The summed E-state index contributed by atoms with van der Waals surface area (Å²) in [5.41, 5.74) is 0. The Morgan fingerprint density at radius 3 is 2.83 bits per heavy atom. The van der Waals surface area contributed by atoms with Crippen LogP contribution in [0.3, 0.4) is 0 Å². The largest absolute Gasteiger partial charge is 0.352 e. The minimum atomic E-state index is -0.398. The van der Waals surface area contributed by atoms with E-state index in [1.54, 1.807) is 7.05 Å². The van der Waals surface area contributed by atoms with Crippen LogP contribution in [0, 0.1) is 0 Å². The molecule has 0 rings (SSSR count). The van der Waals surface area contributed by atoms with Gasteiger partial charge in [0.1, 0.15) is 6.73 Å². The van der Waals surface area contributed by atoms with E-state index >= 15 is 0 Å². The molecule has 0 aliphatic heterocycles. The quantitative estimate of drug-likeness (QED) is 0.296. The van der Waals surface area contributed by atoms with Crippen molar-refractivity contribution >= 4 is 9.03 Å². The van der Waals surface area contributed by atoms with Crippen molar-refractivity contribution in [3.05, 3.63) is 0 Å². The molecule has 1 atom stereocenters. The molecule has 0 heterocycles. The van der Waals surface area contributed by atoms with Gasteiger partial charge in [-0.15, -0.1) is 0 Å². The molecule has 0 aromatic carbocycles. The van der Waals surface area contributed by atoms with Crippen molar-refractivity contribution in [1.82, 2.24) is 5.32 Å². The Morgan fingerprint density at radius 2 is 2.67 bits per heavy atom. The van der Waals surface area contributed by atoms with Gasteiger partial charge in [0, 0.05) is 0 Å². The van der Waals surface area contributed by atoms with Crippen LogP contribution in [0.2, 0.25) is 0 Å². The molecule has 0 aliphatic carbocycles. The maximum absolute atomic E-state index is 7.96. The highest BCUT2D eigenvalue weighted by atomic mass is 31.1. The maximum atomic E-state index is 7.96. The van der Waals surface area contributed by atoms with Gasteiger partial charge in [-0.3, -0.25) is 5.32 Å². The van der Waals surface area contributed by atoms with Crippen LogP contribution in [-0.2, 0) is 4.52 Å². The second kappa shape index (κ2) is 5.31. The summed E-state index contributed by atoms with van der Waals surface area (Å²) in [5, 5.41) is 2.69. The summed E-state index contributed by atoms with van der Waals surface area (Å²) < 4.78 is 4.45. The lowest BCUT2D eigenvalue weighted by Crippen LogP contribution is -2.06. The maximum Gasteiger partial charge on any atom is 0.153 e. The number of hydrogen-bond acceptors (Lipinski definition) is 3. The molecule has 38 valence electrons. The summed E-state index contributed by atoms with van der Waals surface area (Å²) in [5.74, 6) is 0. The molecule has 0 bridgehead atoms. The monoisotopic (exact) mass is 109 g/mol. The van der Waals surface area contributed by atoms with Crippen molar-refractivity contribution < 1.29 is 9.42 Å². The van der Waals surface area contributed by atoms with E-state index in [-0.39, 0.29) is 0 Å². The Labute approximate surface area is 38.6 Å². The summed E-state index contributed by atoms with van der Waals surface area (Å²) in [6, 6.07) is 0. The third-order valence-electron chi connectivity index (χ3n) is 0.281. The van der Waals surface area contributed by atoms with Gasteiger partial charge in [-0.25, -0.2) is 0 Å². The molecule has 1 unspecified atom stereocenters. The summed E-state index contributed by atoms with van der Waals surface area (Å²) >= 11 is 0. The van der Waals surface area contributed by atoms with Gasteiger partial charge in [0.05, 0.1) is 0 Å². The van der Waals surface area contributed by atoms with Gasteiger partial charge in [-0.2, -0.15) is 0 Å². The third-order valence-corrected chi connectivity index (χ3v) is 0.554. The van der Waals surface area contributed by atoms with Crippen molar-refractivity contribution in [1.29, 1.82) is 0 Å². The minimum Gasteiger partial charge on any atom is -0.352 e. The van der Waals surface area contributed by atoms with E-state index < -0.39 is 9.03 Å². The average Bonchev–Trinajstić information content (AvgIpc) is 1.61. The second-order valence-electron chi connectivity index (χ2n) is 0.734. The van der Waals surface area contributed by atoms with Crippen LogP contribution in [0.4, 0.5) is 0 Å². The fourth-order valence-corrected chi connectivity index (χ4v) is 0.313. The summed E-state index contributed by atoms with van der Waals surface area (Å²) in [4.78, 5) is 7.96. The Hall–Kier alpha value is 0.310. The predicted octanol–water partition coefficient (Wildman–Crippen LogP) is -0.319. The first-order valence-corrected chi connectivity index (χ1v) is 2.43. The van der Waals surface area contributed by atoms with Crippen molar-refractivity contribution in [3.63, 3.8) is 0 Å². The van der Waals surface area contributed by atoms with Crippen LogP contribution in [0.5, 0.6) is 0 Å². The third kappa shape index (κ3) is 4.31. The summed E-state index contributed by atoms with van der Waals surface area (Å²) in [7, 11) is 1.35. The van der Waals surface area contributed by atoms with E-state index in [0.717, 1.165) is 0 Å². The van der Waals surface area contributed by atoms with E-state index in [9.17, 15) is 0 Å². The number of hydrogen-bond donors (Lipinski definition) is 2. The van der Waals surface area contributed by atoms with Crippen LogP contribution in [0.25, 0.3) is 0 Å². The highest BCUT2D eigenvalue weighted by molar-refractivity contribution is 7.24. The lowest BCUT2D eigenvalue weighted by molar-refractivity contribution is 0.305. The molecular weight excluding hydrogens is 101 g/mol. The minimum absolute atomic E-state index is 0.398. The van der Waals surface area contributed by atoms with Crippen LogP contribution in [-0.4, -0.2) is 18.7 Å². The molecule has 0 saturated heterocycles. The van der Waals surface area contributed by atoms with Crippen molar-refractivity contribution in [2.75, 3.05) is 13.8 Å². The lowest BCUT2D eigenvalue weighted by atomic mass is 11.2. The molecule has 0 aromatic rings. The molecule has 0 spiro atoms. The molecule has 0 fully saturated rings. The molecule has 0 amide bonds. The molecule has 2 N–H and O–H groups in total. The normalized spacial score (nSPS) is 11.0. The molecule has 0 saturated carbocycles. The fourth-order valence-electron chi connectivity index (χ4n) is 0.104. The Kier molecular flexibility index (Phi) is 5.58. The van der Waals surface area contributed by atoms with Gasteiger partial charge in [0.2, 0.25) is 0 Å². The topological polar surface area (TPSA) is 41.5 Å². The second-order valence-corrected chi connectivity index (χ2v) is 1.20. The van der Waals surface area contributed by atoms with Gasteiger partial charge in [-0.1, -0.05) is 0 Å². The van der Waals surface area contributed by atoms with E-state index in [1.807, 2.05) is 0 Å². The number of nitrogens with one attached hydrogen (secondary N) is 1. The molecular formula is C2H8NO2P. The highest BCUT2D eigenvalue weighted by Gasteiger charge is 1.71. The van der Waals surface area contributed by atoms with E-state index in [1.165, 1.54) is 0 Å². The van der Waals surface area contributed by atoms with Gasteiger partial charge < -0.3 is 9.42 Å². The van der Waals surface area contributed by atoms with Crippen LogP contribution in [0.1, 0.15) is 0 Å². The predicted molar refractivity (Wildman–Crippen MR) is 25.5 cm³/mol. The zero-order chi connectivity index (χ0) is 4.83.